The summed E-state index contributed by atoms with van der Waals surface area (Å²) < 4.78 is 5.88. The van der Waals surface area contributed by atoms with Gasteiger partial charge in [0.15, 0.2) is 5.72 Å². The molecule has 3 aromatic carbocycles. The van der Waals surface area contributed by atoms with Crippen molar-refractivity contribution < 1.29 is 24.5 Å². The fourth-order valence-electron chi connectivity index (χ4n) is 4.47. The Balaban J connectivity index is 1.60. The lowest BCUT2D eigenvalue weighted by atomic mass is 9.93. The second kappa shape index (κ2) is 9.23. The number of nitrogens with one attached hydrogen (secondary N) is 1. The number of amides is 2. The van der Waals surface area contributed by atoms with Crippen LogP contribution in [-0.4, -0.2) is 71.4 Å². The Kier molecular flexibility index (Phi) is 6.06. The Labute approximate surface area is 213 Å². The van der Waals surface area contributed by atoms with Crippen LogP contribution in [0.2, 0.25) is 0 Å². The molecular weight excluding hydrogens is 474 g/mol. The Morgan fingerprint density at radius 1 is 1.08 bits per heavy atom. The van der Waals surface area contributed by atoms with Gasteiger partial charge >= 0.3 is 6.09 Å². The molecule has 1 aliphatic heterocycles. The van der Waals surface area contributed by atoms with E-state index in [2.05, 4.69) is 9.97 Å². The van der Waals surface area contributed by atoms with Gasteiger partial charge in [-0.25, -0.2) is 9.78 Å². The summed E-state index contributed by atoms with van der Waals surface area (Å²) >= 11 is 0. The Bertz CT molecular complexity index is 1500. The summed E-state index contributed by atoms with van der Waals surface area (Å²) in [6, 6.07) is 19.1. The highest BCUT2D eigenvalue weighted by molar-refractivity contribution is 6.12. The third-order valence-corrected chi connectivity index (χ3v) is 6.42. The van der Waals surface area contributed by atoms with E-state index in [4.69, 9.17) is 4.74 Å². The van der Waals surface area contributed by atoms with Gasteiger partial charge in [0.2, 0.25) is 5.95 Å². The van der Waals surface area contributed by atoms with Gasteiger partial charge < -0.3 is 24.8 Å². The van der Waals surface area contributed by atoms with Crippen LogP contribution >= 0.6 is 0 Å². The van der Waals surface area contributed by atoms with Gasteiger partial charge in [-0.1, -0.05) is 30.3 Å². The van der Waals surface area contributed by atoms with Crippen molar-refractivity contribution in [1.29, 1.82) is 0 Å². The number of ether oxygens (including phenoxy) is 1. The molecule has 0 spiro atoms. The minimum absolute atomic E-state index is 0.147. The van der Waals surface area contributed by atoms with Gasteiger partial charge in [0.1, 0.15) is 12.4 Å². The average molecular weight is 502 g/mol. The van der Waals surface area contributed by atoms with E-state index in [1.807, 2.05) is 25.1 Å². The fraction of sp³-hybridized carbons (Fsp3) is 0.222. The number of aromatic nitrogens is 2. The average Bonchev–Trinajstić information content (AvgIpc) is 3.40. The number of carbonyl (C=O) groups is 2. The Morgan fingerprint density at radius 2 is 1.86 bits per heavy atom. The molecule has 0 radical (unpaired) electrons. The van der Waals surface area contributed by atoms with Crippen molar-refractivity contribution in [2.75, 3.05) is 44.1 Å². The van der Waals surface area contributed by atoms with E-state index >= 15 is 0 Å². The van der Waals surface area contributed by atoms with Crippen LogP contribution < -0.4 is 14.5 Å². The lowest BCUT2D eigenvalue weighted by Gasteiger charge is -2.35. The number of nitrogens with zero attached hydrogens (tertiary/aromatic N) is 4. The van der Waals surface area contributed by atoms with Crippen molar-refractivity contribution in [2.24, 2.45) is 0 Å². The van der Waals surface area contributed by atoms with E-state index in [1.54, 1.807) is 60.7 Å². The summed E-state index contributed by atoms with van der Waals surface area (Å²) in [5.74, 6) is 0.379. The summed E-state index contributed by atoms with van der Waals surface area (Å²) in [6.45, 7) is 1.20. The van der Waals surface area contributed by atoms with Crippen LogP contribution in [0, 0.1) is 0 Å². The molecule has 3 N–H and O–H groups in total. The van der Waals surface area contributed by atoms with Gasteiger partial charge in [-0.15, -0.1) is 0 Å². The zero-order chi connectivity index (χ0) is 26.3. The number of likely N-dealkylation sites (N-methyl/N-ethyl adjacent to an activating group) is 1. The first-order chi connectivity index (χ1) is 17.7. The van der Waals surface area contributed by atoms with Crippen molar-refractivity contribution >= 4 is 34.7 Å². The highest BCUT2D eigenvalue weighted by Gasteiger charge is 2.50. The largest absolute Gasteiger partial charge is 0.492 e. The lowest BCUT2D eigenvalue weighted by Crippen LogP contribution is -2.45. The molecular formula is C27H27N5O5. The van der Waals surface area contributed by atoms with Crippen molar-refractivity contribution in [3.05, 3.63) is 83.4 Å². The summed E-state index contributed by atoms with van der Waals surface area (Å²) in [4.78, 5) is 36.7. The number of aromatic amines is 1. The second-order valence-electron chi connectivity index (χ2n) is 9.14. The van der Waals surface area contributed by atoms with E-state index < -0.39 is 11.8 Å². The summed E-state index contributed by atoms with van der Waals surface area (Å²) in [7, 11) is 5.30. The number of H-pyrrole nitrogens is 1. The smallest absolute Gasteiger partial charge is 0.413 e. The molecule has 1 aromatic heterocycles. The van der Waals surface area contributed by atoms with Gasteiger partial charge in [0.05, 0.1) is 16.7 Å². The first-order valence-corrected chi connectivity index (χ1v) is 11.7. The molecule has 10 nitrogen and oxygen atoms in total. The SMILES string of the molecule is CN(C)CCOc1cccc(N2C(=O)c3ccccc3C2(O)c2ccc3nc(N(C)C(=O)O)[nH]c3c2)c1. The van der Waals surface area contributed by atoms with Crippen LogP contribution in [0.5, 0.6) is 5.75 Å². The molecule has 1 unspecified atom stereocenters. The van der Waals surface area contributed by atoms with Crippen molar-refractivity contribution in [2.45, 2.75) is 5.72 Å². The number of anilines is 2. The maximum absolute atomic E-state index is 13.7. The summed E-state index contributed by atoms with van der Waals surface area (Å²) in [5, 5.41) is 21.6. The van der Waals surface area contributed by atoms with E-state index in [0.29, 0.717) is 45.8 Å². The van der Waals surface area contributed by atoms with Crippen molar-refractivity contribution in [3.8, 4) is 5.75 Å². The first-order valence-electron chi connectivity index (χ1n) is 11.7. The van der Waals surface area contributed by atoms with Gasteiger partial charge in [-0.2, -0.15) is 0 Å². The number of rotatable bonds is 7. The normalized spacial score (nSPS) is 16.9. The molecule has 10 heteroatoms. The summed E-state index contributed by atoms with van der Waals surface area (Å²) in [5.41, 5.74) is 0.948. The van der Waals surface area contributed by atoms with Crippen LogP contribution in [0.15, 0.2) is 66.7 Å². The van der Waals surface area contributed by atoms with Gasteiger partial charge in [0.25, 0.3) is 5.91 Å². The first kappa shape index (κ1) is 24.3. The monoisotopic (exact) mass is 501 g/mol. The molecule has 1 atom stereocenters. The van der Waals surface area contributed by atoms with Crippen LogP contribution in [0.4, 0.5) is 16.4 Å². The third-order valence-electron chi connectivity index (χ3n) is 6.42. The minimum atomic E-state index is -1.83. The van der Waals surface area contributed by atoms with Crippen molar-refractivity contribution in [3.63, 3.8) is 0 Å². The standard InChI is InChI=1S/C27H27N5O5/c1-30(2)13-14-37-19-8-6-7-18(16-19)32-24(33)20-9-4-5-10-21(20)27(32,36)17-11-12-22-23(15-17)29-25(28-22)31(3)26(34)35/h4-12,15-16,36H,13-14H2,1-3H3,(H,28,29)(H,34,35). The number of hydrogen-bond acceptors (Lipinski definition) is 6. The summed E-state index contributed by atoms with van der Waals surface area (Å²) in [6.07, 6.45) is -1.16. The zero-order valence-electron chi connectivity index (χ0n) is 20.7. The quantitative estimate of drug-likeness (QED) is 0.354. The Morgan fingerprint density at radius 3 is 2.62 bits per heavy atom. The number of imidazole rings is 1. The van der Waals surface area contributed by atoms with Crippen molar-refractivity contribution in [1.82, 2.24) is 14.9 Å². The van der Waals surface area contributed by atoms with Crippen LogP contribution in [0.1, 0.15) is 21.5 Å². The van der Waals surface area contributed by atoms with Crippen LogP contribution in [-0.2, 0) is 5.72 Å². The number of benzene rings is 3. The van der Waals surface area contributed by atoms with E-state index in [-0.39, 0.29) is 11.9 Å². The number of aliphatic hydroxyl groups is 1. The second-order valence-corrected chi connectivity index (χ2v) is 9.14. The minimum Gasteiger partial charge on any atom is -0.492 e. The highest BCUT2D eigenvalue weighted by atomic mass is 16.5. The molecule has 2 heterocycles. The molecule has 0 aliphatic carbocycles. The molecule has 0 fully saturated rings. The molecule has 190 valence electrons. The molecule has 0 saturated heterocycles. The van der Waals surface area contributed by atoms with Gasteiger partial charge in [0, 0.05) is 36.3 Å². The maximum atomic E-state index is 13.7. The molecule has 0 bridgehead atoms. The predicted molar refractivity (Wildman–Crippen MR) is 139 cm³/mol. The highest BCUT2D eigenvalue weighted by Crippen LogP contribution is 2.45. The molecule has 5 rings (SSSR count). The number of carboxylic acid groups (broad SMARTS) is 1. The molecule has 0 saturated carbocycles. The van der Waals surface area contributed by atoms with Gasteiger partial charge in [-0.05, 0) is 44.4 Å². The van der Waals surface area contributed by atoms with Gasteiger partial charge in [-0.3, -0.25) is 14.6 Å². The molecule has 1 aliphatic rings. The lowest BCUT2D eigenvalue weighted by molar-refractivity contribution is 0.0704. The van der Waals surface area contributed by atoms with Crippen LogP contribution in [0.25, 0.3) is 11.0 Å². The van der Waals surface area contributed by atoms with E-state index in [1.165, 1.54) is 11.9 Å². The topological polar surface area (TPSA) is 122 Å². The number of carbonyl (C=O) groups excluding carboxylic acids is 1. The zero-order valence-corrected chi connectivity index (χ0v) is 20.7. The molecule has 37 heavy (non-hydrogen) atoms. The Hall–Kier alpha value is -4.41. The van der Waals surface area contributed by atoms with E-state index in [0.717, 1.165) is 11.4 Å². The maximum Gasteiger partial charge on any atom is 0.413 e. The predicted octanol–water partition coefficient (Wildman–Crippen LogP) is 3.47. The third kappa shape index (κ3) is 4.15. The number of fused-ring (bicyclic) bond motifs is 2. The number of hydrogen-bond donors (Lipinski definition) is 3. The molecule has 2 amide bonds. The fourth-order valence-corrected chi connectivity index (χ4v) is 4.47. The molecule has 4 aromatic rings. The van der Waals surface area contributed by atoms with Crippen LogP contribution in [0.3, 0.4) is 0 Å². The van der Waals surface area contributed by atoms with E-state index in [9.17, 15) is 19.8 Å².